The van der Waals surface area contributed by atoms with E-state index in [2.05, 4.69) is 23.0 Å². The van der Waals surface area contributed by atoms with Gasteiger partial charge in [0.25, 0.3) is 0 Å². The van der Waals surface area contributed by atoms with E-state index in [1.807, 2.05) is 0 Å². The minimum absolute atomic E-state index is 0.00751. The Morgan fingerprint density at radius 1 is 1.21 bits per heavy atom. The summed E-state index contributed by atoms with van der Waals surface area (Å²) in [6.07, 6.45) is -1.78. The van der Waals surface area contributed by atoms with Crippen LogP contribution in [0.5, 0.6) is 0 Å². The van der Waals surface area contributed by atoms with Crippen molar-refractivity contribution >= 4 is 29.3 Å². The van der Waals surface area contributed by atoms with E-state index in [1.54, 1.807) is 0 Å². The van der Waals surface area contributed by atoms with E-state index in [9.17, 15) is 23.4 Å². The molecule has 0 saturated carbocycles. The van der Waals surface area contributed by atoms with Crippen LogP contribution < -0.4 is 17.3 Å². The molecule has 2 heterocycles. The largest absolute Gasteiger partial charge is 0.490 e. The van der Waals surface area contributed by atoms with Crippen molar-refractivity contribution in [3.63, 3.8) is 0 Å². The minimum Gasteiger partial charge on any atom is -0.383 e. The molecule has 20 heteroatoms. The van der Waals surface area contributed by atoms with Crippen LogP contribution in [0.25, 0.3) is 0 Å². The average Bonchev–Trinajstić information content (AvgIpc) is 2.92. The maximum atomic E-state index is 11.9. The van der Waals surface area contributed by atoms with Crippen LogP contribution in [0.2, 0.25) is 0 Å². The fraction of sp³-hybridized carbons (Fsp3) is 0.556. The first kappa shape index (κ1) is 24.2. The molecule has 1 saturated heterocycles. The second-order valence-corrected chi connectivity index (χ2v) is 9.89. The lowest BCUT2D eigenvalue weighted by Crippen LogP contribution is -2.31. The molecule has 1 aliphatic heterocycles. The molecule has 3 unspecified atom stereocenters. The maximum Gasteiger partial charge on any atom is 0.490 e. The van der Waals surface area contributed by atoms with Crippen molar-refractivity contribution in [3.8, 4) is 0 Å². The van der Waals surface area contributed by atoms with Crippen LogP contribution >= 0.6 is 23.5 Å². The van der Waals surface area contributed by atoms with E-state index in [-0.39, 0.29) is 12.2 Å². The Bertz CT molecular complexity index is 932. The summed E-state index contributed by atoms with van der Waals surface area (Å²) >= 11 is 0. The number of nitrogen functional groups attached to an aromatic ring is 1. The molecular weight excluding hydrogens is 465 g/mol. The van der Waals surface area contributed by atoms with Crippen molar-refractivity contribution in [2.75, 3.05) is 12.3 Å². The molecule has 5 atom stereocenters. The predicted molar refractivity (Wildman–Crippen MR) is 90.3 cm³/mol. The first-order valence-electron chi connectivity index (χ1n) is 7.35. The molecule has 0 aromatic carbocycles. The normalized spacial score (nSPS) is 26.7. The van der Waals surface area contributed by atoms with E-state index >= 15 is 0 Å². The second-order valence-electron chi connectivity index (χ2n) is 5.47. The monoisotopic (exact) mass is 482 g/mol. The third-order valence-electron chi connectivity index (χ3n) is 3.33. The number of nitrogens with two attached hydrogens (primary N) is 2. The summed E-state index contributed by atoms with van der Waals surface area (Å²) in [5.74, 6) is 5.10. The second kappa shape index (κ2) is 8.99. The summed E-state index contributed by atoms with van der Waals surface area (Å²) < 4.78 is 51.8. The van der Waals surface area contributed by atoms with Gasteiger partial charge in [-0.3, -0.25) is 13.9 Å². The van der Waals surface area contributed by atoms with Crippen LogP contribution in [0.3, 0.4) is 0 Å². The molecule has 29 heavy (non-hydrogen) atoms. The summed E-state index contributed by atoms with van der Waals surface area (Å²) in [6.45, 7) is -0.792. The topological polar surface area (TPSA) is 265 Å². The number of phosphoric acid groups is 3. The molecule has 0 spiro atoms. The van der Waals surface area contributed by atoms with Crippen LogP contribution in [0.15, 0.2) is 17.1 Å². The van der Waals surface area contributed by atoms with Gasteiger partial charge in [-0.25, -0.2) is 24.4 Å². The zero-order valence-corrected chi connectivity index (χ0v) is 16.8. The number of phosphoric ester groups is 1. The van der Waals surface area contributed by atoms with Crippen LogP contribution in [0.4, 0.5) is 5.82 Å². The Morgan fingerprint density at radius 3 is 2.41 bits per heavy atom. The molecule has 1 aliphatic rings. The van der Waals surface area contributed by atoms with E-state index in [1.165, 1.54) is 12.3 Å². The van der Waals surface area contributed by atoms with Gasteiger partial charge in [0.05, 0.1) is 6.61 Å². The summed E-state index contributed by atoms with van der Waals surface area (Å²) in [7, 11) is -16.5. The Morgan fingerprint density at radius 2 is 1.86 bits per heavy atom. The molecular formula is C9H17N4O13P3. The van der Waals surface area contributed by atoms with Gasteiger partial charge in [0.2, 0.25) is 0 Å². The maximum absolute atomic E-state index is 11.9. The molecule has 0 radical (unpaired) electrons. The van der Waals surface area contributed by atoms with Crippen molar-refractivity contribution in [3.05, 3.63) is 22.7 Å². The van der Waals surface area contributed by atoms with Crippen molar-refractivity contribution in [2.24, 2.45) is 5.90 Å². The van der Waals surface area contributed by atoms with Gasteiger partial charge in [-0.1, -0.05) is 0 Å². The predicted octanol–water partition coefficient (Wildman–Crippen LogP) is -1.28. The summed E-state index contributed by atoms with van der Waals surface area (Å²) in [5, 5.41) is 0. The van der Waals surface area contributed by atoms with Crippen molar-refractivity contribution in [2.45, 2.75) is 24.9 Å². The van der Waals surface area contributed by atoms with E-state index in [4.69, 9.17) is 31.0 Å². The van der Waals surface area contributed by atoms with Gasteiger partial charge in [-0.05, 0) is 6.07 Å². The molecule has 1 aromatic heterocycles. The minimum atomic E-state index is -5.65. The number of aromatic nitrogens is 2. The molecule has 0 aliphatic carbocycles. The smallest absolute Gasteiger partial charge is 0.383 e. The Balaban J connectivity index is 2.03. The highest BCUT2D eigenvalue weighted by Crippen LogP contribution is 2.66. The highest BCUT2D eigenvalue weighted by molar-refractivity contribution is 7.66. The molecule has 8 N–H and O–H groups in total. The van der Waals surface area contributed by atoms with Crippen molar-refractivity contribution < 1.29 is 56.0 Å². The fourth-order valence-electron chi connectivity index (χ4n) is 2.28. The Hall–Kier alpha value is -1.03. The van der Waals surface area contributed by atoms with Crippen molar-refractivity contribution in [1.82, 2.24) is 9.55 Å². The van der Waals surface area contributed by atoms with Crippen LogP contribution in [0, 0.1) is 0 Å². The lowest BCUT2D eigenvalue weighted by Gasteiger charge is -2.20. The summed E-state index contributed by atoms with van der Waals surface area (Å²) in [5.41, 5.74) is 4.64. The number of ether oxygens (including phenoxy) is 1. The molecule has 17 nitrogen and oxygen atoms in total. The van der Waals surface area contributed by atoms with E-state index < -0.39 is 54.2 Å². The Labute approximate surface area is 161 Å². The summed E-state index contributed by atoms with van der Waals surface area (Å²) in [4.78, 5) is 55.5. The molecule has 0 amide bonds. The van der Waals surface area contributed by atoms with E-state index in [0.29, 0.717) is 0 Å². The molecule has 2 rings (SSSR count). The third-order valence-corrected chi connectivity index (χ3v) is 7.14. The zero-order chi connectivity index (χ0) is 22.0. The number of anilines is 1. The molecule has 0 bridgehead atoms. The van der Waals surface area contributed by atoms with Crippen molar-refractivity contribution in [1.29, 1.82) is 0 Å². The van der Waals surface area contributed by atoms with Crippen LogP contribution in [-0.2, 0) is 36.4 Å². The standard InChI is InChI=1S/C9H17N4O13P3/c10-7-1-2-13(9(14)12-7)8-3-5(24-11)6(23-8)4-22-28(18,19)26-29(20,21)25-27(15,16)17/h1-2,5-6,8H,3-4,11H2,(H,18,19)(H,20,21)(H2,10,12,14)(H2,15,16,17)/t5-,6?,8-/m1/s1. The first-order chi connectivity index (χ1) is 13.2. The highest BCUT2D eigenvalue weighted by atomic mass is 31.3. The van der Waals surface area contributed by atoms with Gasteiger partial charge in [0, 0.05) is 12.6 Å². The van der Waals surface area contributed by atoms with Crippen LogP contribution in [0.1, 0.15) is 12.6 Å². The van der Waals surface area contributed by atoms with Gasteiger partial charge in [-0.2, -0.15) is 13.6 Å². The third kappa shape index (κ3) is 7.31. The average molecular weight is 482 g/mol. The number of rotatable bonds is 9. The zero-order valence-electron chi connectivity index (χ0n) is 14.2. The van der Waals surface area contributed by atoms with Gasteiger partial charge in [-0.15, -0.1) is 0 Å². The lowest BCUT2D eigenvalue weighted by molar-refractivity contribution is -0.0618. The summed E-state index contributed by atoms with van der Waals surface area (Å²) in [6, 6.07) is 1.32. The fourth-order valence-corrected chi connectivity index (χ4v) is 5.31. The molecule has 1 fully saturated rings. The van der Waals surface area contributed by atoms with Crippen LogP contribution in [-0.4, -0.2) is 47.9 Å². The number of nitrogens with zero attached hydrogens (tertiary/aromatic N) is 2. The van der Waals surface area contributed by atoms with Gasteiger partial charge in [0.1, 0.15) is 24.3 Å². The SMILES string of the molecule is NO[C@@H]1C[C@H](n2ccc(N)nc2=O)OC1COP(=O)(O)OP(=O)(O)OP(=O)(O)O. The molecule has 1 aromatic rings. The van der Waals surface area contributed by atoms with Gasteiger partial charge in [0.15, 0.2) is 0 Å². The number of hydrogen-bond donors (Lipinski definition) is 6. The molecule has 166 valence electrons. The Kier molecular flexibility index (Phi) is 7.52. The number of hydrogen-bond acceptors (Lipinski definition) is 12. The first-order valence-corrected chi connectivity index (χ1v) is 11.9. The van der Waals surface area contributed by atoms with E-state index in [0.717, 1.165) is 4.57 Å². The quantitative estimate of drug-likeness (QED) is 0.177. The van der Waals surface area contributed by atoms with Gasteiger partial charge >= 0.3 is 29.2 Å². The van der Waals surface area contributed by atoms with Gasteiger partial charge < -0.3 is 30.0 Å². The highest BCUT2D eigenvalue weighted by Gasteiger charge is 2.43. The lowest BCUT2D eigenvalue weighted by atomic mass is 10.2.